The van der Waals surface area contributed by atoms with E-state index in [2.05, 4.69) is 4.98 Å². The highest BCUT2D eigenvalue weighted by atomic mass is 16.5. The summed E-state index contributed by atoms with van der Waals surface area (Å²) in [6, 6.07) is 5.44. The van der Waals surface area contributed by atoms with E-state index in [1.54, 1.807) is 16.7 Å². The Balaban J connectivity index is 1.72. The lowest BCUT2D eigenvalue weighted by Crippen LogP contribution is -2.12. The van der Waals surface area contributed by atoms with Crippen LogP contribution in [0.3, 0.4) is 0 Å². The van der Waals surface area contributed by atoms with Crippen molar-refractivity contribution in [1.29, 1.82) is 5.26 Å². The summed E-state index contributed by atoms with van der Waals surface area (Å²) in [6.45, 7) is 0.648. The molecule has 29 heavy (non-hydrogen) atoms. The van der Waals surface area contributed by atoms with Crippen molar-refractivity contribution in [3.05, 3.63) is 29.6 Å². The number of nitrogens with zero attached hydrogens (tertiary/aromatic N) is 3. The van der Waals surface area contributed by atoms with E-state index in [0.717, 1.165) is 25.7 Å². The fourth-order valence-corrected chi connectivity index (χ4v) is 4.20. The van der Waals surface area contributed by atoms with Crippen LogP contribution >= 0.6 is 0 Å². The average molecular weight is 395 g/mol. The maximum absolute atomic E-state index is 11.4. The molecular formula is C22H25N3O4. The van der Waals surface area contributed by atoms with Crippen LogP contribution in [-0.2, 0) is 4.79 Å². The number of hydrogen-bond acceptors (Lipinski definition) is 5. The van der Waals surface area contributed by atoms with Crippen molar-refractivity contribution < 1.29 is 19.4 Å². The third kappa shape index (κ3) is 4.21. The number of rotatable bonds is 7. The molecule has 0 aromatic carbocycles. The minimum absolute atomic E-state index is 0.0604. The van der Waals surface area contributed by atoms with Gasteiger partial charge in [-0.25, -0.2) is 4.79 Å². The molecule has 2 aliphatic rings. The monoisotopic (exact) mass is 395 g/mol. The van der Waals surface area contributed by atoms with Gasteiger partial charge in [0, 0.05) is 6.20 Å². The largest absolute Gasteiger partial charge is 0.489 e. The molecule has 1 N–H and O–H groups in total. The number of ether oxygens (including phenoxy) is 2. The maximum atomic E-state index is 11.4. The van der Waals surface area contributed by atoms with Gasteiger partial charge in [-0.1, -0.05) is 12.8 Å². The highest BCUT2D eigenvalue weighted by Gasteiger charge is 2.23. The Bertz CT molecular complexity index is 960. The highest BCUT2D eigenvalue weighted by Crippen LogP contribution is 2.32. The smallest absolute Gasteiger partial charge is 0.346 e. The van der Waals surface area contributed by atoms with Crippen LogP contribution in [0, 0.1) is 17.2 Å². The molecule has 2 fully saturated rings. The summed E-state index contributed by atoms with van der Waals surface area (Å²) in [5.41, 5.74) is 0.671. The van der Waals surface area contributed by atoms with Gasteiger partial charge in [0.25, 0.3) is 0 Å². The molecule has 2 saturated carbocycles. The minimum Gasteiger partial charge on any atom is -0.489 e. The van der Waals surface area contributed by atoms with Gasteiger partial charge in [0.1, 0.15) is 23.4 Å². The van der Waals surface area contributed by atoms with Gasteiger partial charge in [0.15, 0.2) is 11.4 Å². The molecule has 7 nitrogen and oxygen atoms in total. The second-order valence-corrected chi connectivity index (χ2v) is 7.83. The van der Waals surface area contributed by atoms with E-state index in [9.17, 15) is 15.2 Å². The quantitative estimate of drug-likeness (QED) is 0.557. The molecule has 152 valence electrons. The van der Waals surface area contributed by atoms with Crippen LogP contribution in [0.5, 0.6) is 11.6 Å². The molecule has 7 heteroatoms. The van der Waals surface area contributed by atoms with Gasteiger partial charge in [0.2, 0.25) is 5.88 Å². The molecule has 2 aromatic heterocycles. The molecule has 0 amide bonds. The van der Waals surface area contributed by atoms with Crippen molar-refractivity contribution in [3.8, 4) is 17.7 Å². The van der Waals surface area contributed by atoms with E-state index in [4.69, 9.17) is 9.47 Å². The van der Waals surface area contributed by atoms with Crippen LogP contribution in [0.15, 0.2) is 23.9 Å². The molecule has 2 aliphatic carbocycles. The molecule has 0 radical (unpaired) electrons. The van der Waals surface area contributed by atoms with Crippen molar-refractivity contribution in [2.75, 3.05) is 6.61 Å². The van der Waals surface area contributed by atoms with Gasteiger partial charge in [0.05, 0.1) is 6.61 Å². The zero-order chi connectivity index (χ0) is 20.2. The summed E-state index contributed by atoms with van der Waals surface area (Å²) in [7, 11) is 0. The zero-order valence-electron chi connectivity index (χ0n) is 16.3. The Morgan fingerprint density at radius 1 is 1.28 bits per heavy atom. The molecule has 0 aliphatic heterocycles. The lowest BCUT2D eigenvalue weighted by atomic mass is 10.1. The van der Waals surface area contributed by atoms with Gasteiger partial charge < -0.3 is 14.6 Å². The normalized spacial score (nSPS) is 18.2. The topological polar surface area (TPSA) is 96.9 Å². The molecule has 0 saturated heterocycles. The van der Waals surface area contributed by atoms with Crippen molar-refractivity contribution in [2.45, 2.75) is 57.5 Å². The van der Waals surface area contributed by atoms with Crippen LogP contribution in [0.4, 0.5) is 0 Å². The Labute approximate surface area is 169 Å². The molecule has 0 unspecified atom stereocenters. The fourth-order valence-electron chi connectivity index (χ4n) is 4.20. The number of nitriles is 1. The maximum Gasteiger partial charge on any atom is 0.346 e. The van der Waals surface area contributed by atoms with Crippen molar-refractivity contribution >= 4 is 17.7 Å². The zero-order valence-corrected chi connectivity index (χ0v) is 16.3. The summed E-state index contributed by atoms with van der Waals surface area (Å²) in [5.74, 6) is 0.283. The summed E-state index contributed by atoms with van der Waals surface area (Å²) in [5, 5.41) is 18.5. The van der Waals surface area contributed by atoms with Crippen LogP contribution in [0.2, 0.25) is 0 Å². The average Bonchev–Trinajstić information content (AvgIpc) is 3.46. The second-order valence-electron chi connectivity index (χ2n) is 7.83. The van der Waals surface area contributed by atoms with Crippen molar-refractivity contribution in [2.24, 2.45) is 5.92 Å². The number of fused-ring (bicyclic) bond motifs is 1. The molecule has 2 heterocycles. The molecule has 0 bridgehead atoms. The van der Waals surface area contributed by atoms with Crippen LogP contribution < -0.4 is 9.47 Å². The summed E-state index contributed by atoms with van der Waals surface area (Å²) < 4.78 is 13.9. The SMILES string of the molecule is N#CC(=Cc1c(OC2CCCC2)nc2c(OCC3CCCC3)cccn12)C(=O)O. The van der Waals surface area contributed by atoms with Gasteiger partial charge >= 0.3 is 5.97 Å². The molecule has 0 atom stereocenters. The first-order valence-electron chi connectivity index (χ1n) is 10.3. The number of aliphatic carboxylic acids is 1. The van der Waals surface area contributed by atoms with Crippen molar-refractivity contribution in [1.82, 2.24) is 9.38 Å². The first-order valence-corrected chi connectivity index (χ1v) is 10.3. The predicted octanol–water partition coefficient (Wildman–Crippen LogP) is 4.22. The third-order valence-corrected chi connectivity index (χ3v) is 5.78. The van der Waals surface area contributed by atoms with E-state index in [1.807, 2.05) is 12.1 Å². The van der Waals surface area contributed by atoms with Gasteiger partial charge in [-0.3, -0.25) is 4.40 Å². The Morgan fingerprint density at radius 3 is 2.69 bits per heavy atom. The van der Waals surface area contributed by atoms with E-state index in [0.29, 0.717) is 35.5 Å². The van der Waals surface area contributed by atoms with Crippen LogP contribution in [0.25, 0.3) is 11.7 Å². The number of carboxylic acids is 1. The summed E-state index contributed by atoms with van der Waals surface area (Å²) in [4.78, 5) is 16.0. The first-order chi connectivity index (χ1) is 14.2. The van der Waals surface area contributed by atoms with E-state index >= 15 is 0 Å². The number of pyridine rings is 1. The van der Waals surface area contributed by atoms with Crippen molar-refractivity contribution in [3.63, 3.8) is 0 Å². The third-order valence-electron chi connectivity index (χ3n) is 5.78. The lowest BCUT2D eigenvalue weighted by molar-refractivity contribution is -0.132. The number of carboxylic acid groups (broad SMARTS) is 1. The molecule has 2 aromatic rings. The van der Waals surface area contributed by atoms with E-state index in [-0.39, 0.29) is 11.7 Å². The Hall–Kier alpha value is -3.01. The van der Waals surface area contributed by atoms with Gasteiger partial charge in [-0.05, 0) is 62.7 Å². The standard InChI is InChI=1S/C22H25N3O4/c23-13-16(22(26)27)12-18-21(29-17-8-3-4-9-17)24-20-19(10-5-11-25(18)20)28-14-15-6-1-2-7-15/h5,10-12,15,17H,1-4,6-9,14H2,(H,26,27). The minimum atomic E-state index is -1.28. The molecule has 4 rings (SSSR count). The van der Waals surface area contributed by atoms with Crippen LogP contribution in [-0.4, -0.2) is 33.2 Å². The molecule has 0 spiro atoms. The highest BCUT2D eigenvalue weighted by molar-refractivity contribution is 5.96. The second kappa shape index (κ2) is 8.56. The Morgan fingerprint density at radius 2 is 2.00 bits per heavy atom. The Kier molecular flexibility index (Phi) is 5.70. The fraction of sp³-hybridized carbons (Fsp3) is 0.500. The van der Waals surface area contributed by atoms with Gasteiger partial charge in [-0.2, -0.15) is 10.2 Å². The number of aromatic nitrogens is 2. The summed E-state index contributed by atoms with van der Waals surface area (Å²) in [6.07, 6.45) is 12.2. The van der Waals surface area contributed by atoms with Crippen LogP contribution in [0.1, 0.15) is 57.1 Å². The first kappa shape index (κ1) is 19.3. The predicted molar refractivity (Wildman–Crippen MR) is 107 cm³/mol. The number of hydrogen-bond donors (Lipinski definition) is 1. The van der Waals surface area contributed by atoms with E-state index < -0.39 is 5.97 Å². The summed E-state index contributed by atoms with van der Waals surface area (Å²) >= 11 is 0. The molecular weight excluding hydrogens is 370 g/mol. The number of carbonyl (C=O) groups is 1. The van der Waals surface area contributed by atoms with E-state index in [1.165, 1.54) is 31.8 Å². The van der Waals surface area contributed by atoms with Gasteiger partial charge in [-0.15, -0.1) is 0 Å². The lowest BCUT2D eigenvalue weighted by Gasteiger charge is -2.11. The number of imidazole rings is 1.